The Morgan fingerprint density at radius 3 is 2.76 bits per heavy atom. The van der Waals surface area contributed by atoms with E-state index in [1.807, 2.05) is 35.2 Å². The van der Waals surface area contributed by atoms with Gasteiger partial charge in [0.15, 0.2) is 0 Å². The lowest BCUT2D eigenvalue weighted by molar-refractivity contribution is -0.138. The van der Waals surface area contributed by atoms with Crippen LogP contribution in [-0.4, -0.2) is 43.9 Å². The molecule has 1 aliphatic rings. The van der Waals surface area contributed by atoms with E-state index in [2.05, 4.69) is 15.5 Å². The van der Waals surface area contributed by atoms with Crippen molar-refractivity contribution in [3.8, 4) is 5.69 Å². The summed E-state index contributed by atoms with van der Waals surface area (Å²) in [7, 11) is 0. The van der Waals surface area contributed by atoms with Gasteiger partial charge in [-0.2, -0.15) is 4.68 Å². The summed E-state index contributed by atoms with van der Waals surface area (Å²) in [5, 5.41) is 21.3. The first kappa shape index (κ1) is 13.5. The van der Waals surface area contributed by atoms with Gasteiger partial charge >= 0.3 is 5.97 Å². The van der Waals surface area contributed by atoms with Crippen molar-refractivity contribution in [1.82, 2.24) is 20.2 Å². The maximum Gasteiger partial charge on any atom is 0.326 e. The largest absolute Gasteiger partial charge is 0.480 e. The normalized spacial score (nSPS) is 19.2. The minimum absolute atomic E-state index is 0.496. The number of hydrogen-bond donors (Lipinski definition) is 1. The lowest BCUT2D eigenvalue weighted by Crippen LogP contribution is -2.42. The van der Waals surface area contributed by atoms with Crippen molar-refractivity contribution >= 4 is 11.9 Å². The molecule has 2 aromatic rings. The molecule has 2 heterocycles. The topological polar surface area (TPSA) is 84.1 Å². The van der Waals surface area contributed by atoms with Gasteiger partial charge in [0, 0.05) is 6.54 Å². The van der Waals surface area contributed by atoms with E-state index in [0.717, 1.165) is 24.9 Å². The van der Waals surface area contributed by atoms with Crippen LogP contribution in [0.25, 0.3) is 5.69 Å². The van der Waals surface area contributed by atoms with Crippen LogP contribution in [0.1, 0.15) is 25.7 Å². The van der Waals surface area contributed by atoms with Crippen LogP contribution in [0.15, 0.2) is 30.3 Å². The van der Waals surface area contributed by atoms with Gasteiger partial charge in [-0.05, 0) is 35.4 Å². The molecule has 1 N–H and O–H groups in total. The van der Waals surface area contributed by atoms with Crippen LogP contribution >= 0.6 is 0 Å². The Kier molecular flexibility index (Phi) is 3.81. The fraction of sp³-hybridized carbons (Fsp3) is 0.429. The monoisotopic (exact) mass is 287 g/mol. The Hall–Kier alpha value is -2.44. The summed E-state index contributed by atoms with van der Waals surface area (Å²) < 4.78 is 1.60. The number of para-hydroxylation sites is 1. The van der Waals surface area contributed by atoms with E-state index in [4.69, 9.17) is 0 Å². The van der Waals surface area contributed by atoms with Gasteiger partial charge in [0.25, 0.3) is 5.95 Å². The molecule has 1 aliphatic heterocycles. The van der Waals surface area contributed by atoms with Gasteiger partial charge in [0.1, 0.15) is 6.04 Å². The lowest BCUT2D eigenvalue weighted by atomic mass is 10.1. The third-order valence-corrected chi connectivity index (χ3v) is 3.75. The molecule has 0 bridgehead atoms. The first-order valence-electron chi connectivity index (χ1n) is 7.10. The number of aromatic nitrogens is 4. The standard InChI is InChI=1S/C14H17N5O2/c20-13(21)12-9-5-2-6-10-18(12)14-15-16-17-19(14)11-7-3-1-4-8-11/h1,3-4,7-8,12H,2,5-6,9-10H2,(H,20,21). The third kappa shape index (κ3) is 2.72. The van der Waals surface area contributed by atoms with Crippen molar-refractivity contribution in [2.75, 3.05) is 11.4 Å². The predicted octanol–water partition coefficient (Wildman–Crippen LogP) is 1.50. The van der Waals surface area contributed by atoms with E-state index in [0.29, 0.717) is 18.9 Å². The summed E-state index contributed by atoms with van der Waals surface area (Å²) in [5.74, 6) is -0.324. The van der Waals surface area contributed by atoms with Gasteiger partial charge in [-0.25, -0.2) is 4.79 Å². The van der Waals surface area contributed by atoms with Crippen LogP contribution in [0.4, 0.5) is 5.95 Å². The fourth-order valence-corrected chi connectivity index (χ4v) is 2.70. The number of hydrogen-bond acceptors (Lipinski definition) is 5. The summed E-state index contributed by atoms with van der Waals surface area (Å²) in [5.41, 5.74) is 0.825. The molecule has 7 nitrogen and oxygen atoms in total. The Balaban J connectivity index is 1.99. The summed E-state index contributed by atoms with van der Waals surface area (Å²) in [6.45, 7) is 0.657. The van der Waals surface area contributed by atoms with E-state index in [1.54, 1.807) is 4.68 Å². The second-order valence-electron chi connectivity index (χ2n) is 5.12. The van der Waals surface area contributed by atoms with Crippen LogP contribution in [-0.2, 0) is 4.79 Å². The predicted molar refractivity (Wildman–Crippen MR) is 76.4 cm³/mol. The maximum atomic E-state index is 11.5. The maximum absolute atomic E-state index is 11.5. The summed E-state index contributed by atoms with van der Waals surface area (Å²) in [6.07, 6.45) is 3.52. The van der Waals surface area contributed by atoms with Gasteiger partial charge < -0.3 is 10.0 Å². The molecule has 110 valence electrons. The lowest BCUT2D eigenvalue weighted by Gasteiger charge is -2.27. The van der Waals surface area contributed by atoms with E-state index in [1.165, 1.54) is 0 Å². The van der Waals surface area contributed by atoms with E-state index < -0.39 is 12.0 Å². The van der Waals surface area contributed by atoms with Crippen molar-refractivity contribution in [3.05, 3.63) is 30.3 Å². The van der Waals surface area contributed by atoms with E-state index in [-0.39, 0.29) is 0 Å². The van der Waals surface area contributed by atoms with Crippen molar-refractivity contribution in [3.63, 3.8) is 0 Å². The number of rotatable bonds is 3. The molecular weight excluding hydrogens is 270 g/mol. The average Bonchev–Trinajstić information content (AvgIpc) is 2.85. The van der Waals surface area contributed by atoms with Gasteiger partial charge in [-0.1, -0.05) is 36.1 Å². The summed E-state index contributed by atoms with van der Waals surface area (Å²) >= 11 is 0. The number of aliphatic carboxylic acids is 1. The zero-order valence-corrected chi connectivity index (χ0v) is 11.6. The van der Waals surface area contributed by atoms with E-state index >= 15 is 0 Å². The Labute approximate surface area is 122 Å². The summed E-state index contributed by atoms with van der Waals surface area (Å²) in [6, 6.07) is 8.94. The number of nitrogens with zero attached hydrogens (tertiary/aromatic N) is 5. The number of carboxylic acids is 1. The van der Waals surface area contributed by atoms with Crippen LogP contribution in [0.3, 0.4) is 0 Å². The molecule has 1 aromatic carbocycles. The first-order chi connectivity index (χ1) is 10.3. The summed E-state index contributed by atoms with van der Waals surface area (Å²) in [4.78, 5) is 13.3. The smallest absolute Gasteiger partial charge is 0.326 e. The minimum atomic E-state index is -0.820. The third-order valence-electron chi connectivity index (χ3n) is 3.75. The highest BCUT2D eigenvalue weighted by atomic mass is 16.4. The van der Waals surface area contributed by atoms with Gasteiger partial charge in [-0.3, -0.25) is 0 Å². The number of carbonyl (C=O) groups is 1. The molecule has 0 saturated carbocycles. The first-order valence-corrected chi connectivity index (χ1v) is 7.10. The Morgan fingerprint density at radius 2 is 2.00 bits per heavy atom. The van der Waals surface area contributed by atoms with Gasteiger partial charge in [0.2, 0.25) is 0 Å². The molecular formula is C14H17N5O2. The molecule has 21 heavy (non-hydrogen) atoms. The Morgan fingerprint density at radius 1 is 1.19 bits per heavy atom. The second-order valence-corrected chi connectivity index (χ2v) is 5.12. The van der Waals surface area contributed by atoms with Crippen molar-refractivity contribution in [2.24, 2.45) is 0 Å². The van der Waals surface area contributed by atoms with Crippen molar-refractivity contribution in [2.45, 2.75) is 31.7 Å². The molecule has 1 saturated heterocycles. The number of anilines is 1. The second kappa shape index (κ2) is 5.90. The molecule has 0 aliphatic carbocycles. The average molecular weight is 287 g/mol. The molecule has 1 unspecified atom stereocenters. The molecule has 1 aromatic heterocycles. The zero-order valence-electron chi connectivity index (χ0n) is 11.6. The molecule has 0 spiro atoms. The van der Waals surface area contributed by atoms with Crippen LogP contribution in [0, 0.1) is 0 Å². The molecule has 1 fully saturated rings. The fourth-order valence-electron chi connectivity index (χ4n) is 2.70. The minimum Gasteiger partial charge on any atom is -0.480 e. The van der Waals surface area contributed by atoms with E-state index in [9.17, 15) is 9.90 Å². The molecule has 7 heteroatoms. The zero-order chi connectivity index (χ0) is 14.7. The van der Waals surface area contributed by atoms with Gasteiger partial charge in [0.05, 0.1) is 5.69 Å². The van der Waals surface area contributed by atoms with Crippen molar-refractivity contribution < 1.29 is 9.90 Å². The van der Waals surface area contributed by atoms with Crippen LogP contribution in [0.2, 0.25) is 0 Å². The van der Waals surface area contributed by atoms with Gasteiger partial charge in [-0.15, -0.1) is 0 Å². The van der Waals surface area contributed by atoms with Crippen molar-refractivity contribution in [1.29, 1.82) is 0 Å². The molecule has 3 rings (SSSR count). The highest BCUT2D eigenvalue weighted by Crippen LogP contribution is 2.24. The molecule has 1 atom stereocenters. The highest BCUT2D eigenvalue weighted by Gasteiger charge is 2.31. The Bertz CT molecular complexity index is 613. The molecule has 0 amide bonds. The number of tetrazole rings is 1. The van der Waals surface area contributed by atoms with Crippen LogP contribution in [0.5, 0.6) is 0 Å². The highest BCUT2D eigenvalue weighted by molar-refractivity contribution is 5.77. The SMILES string of the molecule is O=C(O)C1CCCCCN1c1nnnn1-c1ccccc1. The number of benzene rings is 1. The molecule has 0 radical (unpaired) electrons. The number of carboxylic acid groups (broad SMARTS) is 1. The van der Waals surface area contributed by atoms with Crippen LogP contribution < -0.4 is 4.90 Å². The quantitative estimate of drug-likeness (QED) is 0.921.